The zero-order valence-corrected chi connectivity index (χ0v) is 16.4. The van der Waals surface area contributed by atoms with Gasteiger partial charge in [0, 0.05) is 43.6 Å². The fourth-order valence-corrected chi connectivity index (χ4v) is 3.48. The number of carbonyl (C=O) groups excluding carboxylic acids is 2. The van der Waals surface area contributed by atoms with Gasteiger partial charge in [-0.15, -0.1) is 0 Å². The summed E-state index contributed by atoms with van der Waals surface area (Å²) in [6, 6.07) is 8.87. The van der Waals surface area contributed by atoms with Crippen molar-refractivity contribution in [1.82, 2.24) is 9.97 Å². The molecule has 148 valence electrons. The van der Waals surface area contributed by atoms with E-state index in [2.05, 4.69) is 14.9 Å². The molecule has 0 unspecified atom stereocenters. The van der Waals surface area contributed by atoms with E-state index in [1.165, 1.54) is 0 Å². The van der Waals surface area contributed by atoms with Crippen LogP contribution in [0.4, 0.5) is 11.6 Å². The van der Waals surface area contributed by atoms with Crippen LogP contribution in [-0.2, 0) is 9.53 Å². The zero-order valence-electron chi connectivity index (χ0n) is 16.4. The Morgan fingerprint density at radius 1 is 1.14 bits per heavy atom. The lowest BCUT2D eigenvalue weighted by molar-refractivity contribution is -0.122. The minimum Gasteiger partial charge on any atom is -0.462 e. The number of anilines is 2. The summed E-state index contributed by atoms with van der Waals surface area (Å²) in [5, 5.41) is 0. The van der Waals surface area contributed by atoms with Crippen LogP contribution in [0.1, 0.15) is 37.0 Å². The monoisotopic (exact) mass is 382 g/mol. The maximum atomic E-state index is 13.1. The van der Waals surface area contributed by atoms with Gasteiger partial charge in [0.15, 0.2) is 0 Å². The lowest BCUT2D eigenvalue weighted by Crippen LogP contribution is -2.43. The molecule has 0 atom stereocenters. The Morgan fingerprint density at radius 3 is 2.50 bits per heavy atom. The largest absolute Gasteiger partial charge is 0.462 e. The number of hydrogen-bond acceptors (Lipinski definition) is 6. The Bertz CT molecular complexity index is 804. The summed E-state index contributed by atoms with van der Waals surface area (Å²) in [5.41, 5.74) is 1.19. The maximum Gasteiger partial charge on any atom is 0.338 e. The first-order valence-corrected chi connectivity index (χ1v) is 9.74. The first kappa shape index (κ1) is 19.8. The van der Waals surface area contributed by atoms with E-state index in [-0.39, 0.29) is 17.8 Å². The molecule has 0 bridgehead atoms. The molecule has 0 N–H and O–H groups in total. The highest BCUT2D eigenvalue weighted by Gasteiger charge is 2.29. The van der Waals surface area contributed by atoms with Gasteiger partial charge in [0.25, 0.3) is 0 Å². The van der Waals surface area contributed by atoms with Gasteiger partial charge in [-0.3, -0.25) is 4.79 Å². The lowest BCUT2D eigenvalue weighted by Gasteiger charge is -2.34. The van der Waals surface area contributed by atoms with E-state index in [1.54, 1.807) is 48.5 Å². The summed E-state index contributed by atoms with van der Waals surface area (Å²) >= 11 is 0. The van der Waals surface area contributed by atoms with Crippen molar-refractivity contribution in [3.63, 3.8) is 0 Å². The van der Waals surface area contributed by atoms with Crippen molar-refractivity contribution >= 4 is 23.5 Å². The molecule has 1 aliphatic heterocycles. The summed E-state index contributed by atoms with van der Waals surface area (Å²) in [6.45, 7) is 6.09. The number of nitrogens with zero attached hydrogens (tertiary/aromatic N) is 4. The highest BCUT2D eigenvalue weighted by molar-refractivity contribution is 5.97. The molecule has 1 saturated heterocycles. The average molecular weight is 382 g/mol. The van der Waals surface area contributed by atoms with Crippen molar-refractivity contribution in [3.8, 4) is 0 Å². The fourth-order valence-electron chi connectivity index (χ4n) is 3.48. The highest BCUT2D eigenvalue weighted by atomic mass is 16.5. The van der Waals surface area contributed by atoms with Crippen molar-refractivity contribution in [3.05, 3.63) is 48.3 Å². The number of piperidine rings is 1. The summed E-state index contributed by atoms with van der Waals surface area (Å²) in [5.74, 6) is 0.384. The van der Waals surface area contributed by atoms with Crippen molar-refractivity contribution < 1.29 is 14.3 Å². The summed E-state index contributed by atoms with van der Waals surface area (Å²) in [7, 11) is 0. The minimum atomic E-state index is -0.371. The minimum absolute atomic E-state index is 0.0499. The van der Waals surface area contributed by atoms with Crippen LogP contribution in [0.2, 0.25) is 0 Å². The number of aromatic nitrogens is 2. The Kier molecular flexibility index (Phi) is 6.57. The Hall–Kier alpha value is -2.96. The van der Waals surface area contributed by atoms with Gasteiger partial charge in [-0.2, -0.15) is 0 Å². The van der Waals surface area contributed by atoms with E-state index in [9.17, 15) is 9.59 Å². The van der Waals surface area contributed by atoms with Crippen LogP contribution in [0.15, 0.2) is 42.7 Å². The molecule has 7 nitrogen and oxygen atoms in total. The average Bonchev–Trinajstić information content (AvgIpc) is 2.75. The molecule has 1 aromatic heterocycles. The van der Waals surface area contributed by atoms with Crippen LogP contribution in [0.3, 0.4) is 0 Å². The number of amides is 1. The van der Waals surface area contributed by atoms with Crippen LogP contribution in [0, 0.1) is 5.92 Å². The number of carbonyl (C=O) groups is 2. The second-order valence-corrected chi connectivity index (χ2v) is 6.66. The molecule has 2 aromatic rings. The molecule has 0 aliphatic carbocycles. The van der Waals surface area contributed by atoms with Crippen LogP contribution < -0.4 is 9.80 Å². The van der Waals surface area contributed by atoms with E-state index >= 15 is 0 Å². The van der Waals surface area contributed by atoms with E-state index < -0.39 is 0 Å². The summed E-state index contributed by atoms with van der Waals surface area (Å²) < 4.78 is 5.07. The Labute approximate surface area is 165 Å². The molecule has 0 saturated carbocycles. The second-order valence-electron chi connectivity index (χ2n) is 6.66. The smallest absolute Gasteiger partial charge is 0.338 e. The molecular formula is C21H26N4O3. The van der Waals surface area contributed by atoms with Gasteiger partial charge in [0.05, 0.1) is 12.2 Å². The van der Waals surface area contributed by atoms with E-state index in [1.807, 2.05) is 13.0 Å². The van der Waals surface area contributed by atoms with E-state index in [0.717, 1.165) is 31.6 Å². The number of ether oxygens (including phenoxy) is 1. The third-order valence-corrected chi connectivity index (χ3v) is 4.93. The molecule has 28 heavy (non-hydrogen) atoms. The molecule has 2 heterocycles. The third kappa shape index (κ3) is 4.47. The van der Waals surface area contributed by atoms with E-state index in [4.69, 9.17) is 4.74 Å². The fraction of sp³-hybridized carbons (Fsp3) is 0.429. The molecule has 7 heteroatoms. The molecule has 3 rings (SSSR count). The lowest BCUT2D eigenvalue weighted by atomic mass is 9.95. The van der Waals surface area contributed by atoms with Gasteiger partial charge in [0.1, 0.15) is 0 Å². The van der Waals surface area contributed by atoms with Gasteiger partial charge in [-0.1, -0.05) is 6.07 Å². The maximum absolute atomic E-state index is 13.1. The first-order valence-electron chi connectivity index (χ1n) is 9.74. The Morgan fingerprint density at radius 2 is 1.86 bits per heavy atom. The van der Waals surface area contributed by atoms with Crippen molar-refractivity contribution in [2.24, 2.45) is 5.92 Å². The summed E-state index contributed by atoms with van der Waals surface area (Å²) in [4.78, 5) is 37.6. The van der Waals surface area contributed by atoms with Crippen molar-refractivity contribution in [2.75, 3.05) is 36.0 Å². The van der Waals surface area contributed by atoms with Crippen molar-refractivity contribution in [2.45, 2.75) is 26.7 Å². The molecule has 1 aliphatic rings. The molecule has 0 spiro atoms. The quantitative estimate of drug-likeness (QED) is 0.715. The first-order chi connectivity index (χ1) is 13.6. The third-order valence-electron chi connectivity index (χ3n) is 4.93. The van der Waals surface area contributed by atoms with Crippen LogP contribution in [-0.4, -0.2) is 48.1 Å². The van der Waals surface area contributed by atoms with Crippen LogP contribution in [0.5, 0.6) is 0 Å². The second kappa shape index (κ2) is 9.30. The van der Waals surface area contributed by atoms with Gasteiger partial charge < -0.3 is 14.5 Å². The van der Waals surface area contributed by atoms with Gasteiger partial charge in [0.2, 0.25) is 11.9 Å². The van der Waals surface area contributed by atoms with Gasteiger partial charge >= 0.3 is 5.97 Å². The number of rotatable bonds is 6. The predicted octanol–water partition coefficient (Wildman–Crippen LogP) is 2.92. The zero-order chi connectivity index (χ0) is 19.9. The van der Waals surface area contributed by atoms with Crippen molar-refractivity contribution in [1.29, 1.82) is 0 Å². The molecule has 1 amide bonds. The Balaban J connectivity index is 1.67. The van der Waals surface area contributed by atoms with E-state index in [0.29, 0.717) is 24.7 Å². The number of esters is 1. The number of benzene rings is 1. The standard InChI is InChI=1S/C21H26N4O3/c1-3-25(18-8-5-7-17(15-18)20(27)28-4-2)19(26)16-9-13-24(14-10-16)21-22-11-6-12-23-21/h5-8,11-12,15-16H,3-4,9-10,13-14H2,1-2H3. The summed E-state index contributed by atoms with van der Waals surface area (Å²) in [6.07, 6.45) is 4.97. The molecule has 0 radical (unpaired) electrons. The normalized spacial score (nSPS) is 14.6. The molecular weight excluding hydrogens is 356 g/mol. The van der Waals surface area contributed by atoms with Gasteiger partial charge in [-0.25, -0.2) is 14.8 Å². The number of hydrogen-bond donors (Lipinski definition) is 0. The SMILES string of the molecule is CCOC(=O)c1cccc(N(CC)C(=O)C2CCN(c3ncccn3)CC2)c1. The van der Waals surface area contributed by atoms with Crippen LogP contribution >= 0.6 is 0 Å². The molecule has 1 fully saturated rings. The molecule has 1 aromatic carbocycles. The highest BCUT2D eigenvalue weighted by Crippen LogP contribution is 2.25. The van der Waals surface area contributed by atoms with Gasteiger partial charge in [-0.05, 0) is 51.0 Å². The topological polar surface area (TPSA) is 75.6 Å². The van der Waals surface area contributed by atoms with Crippen LogP contribution in [0.25, 0.3) is 0 Å². The predicted molar refractivity (Wildman–Crippen MR) is 107 cm³/mol.